The van der Waals surface area contributed by atoms with Crippen molar-refractivity contribution < 1.29 is 22.9 Å². The maximum absolute atomic E-state index is 12.1. The average molecular weight is 567 g/mol. The Labute approximate surface area is 204 Å². The van der Waals surface area contributed by atoms with Crippen molar-refractivity contribution in [3.63, 3.8) is 0 Å². The van der Waals surface area contributed by atoms with Gasteiger partial charge in [-0.25, -0.2) is 4.21 Å². The molecule has 2 aromatic carbocycles. The van der Waals surface area contributed by atoms with Crippen molar-refractivity contribution in [1.29, 1.82) is 0 Å². The van der Waals surface area contributed by atoms with Gasteiger partial charge in [0.2, 0.25) is 0 Å². The minimum atomic E-state index is -1.35. The van der Waals surface area contributed by atoms with Gasteiger partial charge in [0.1, 0.15) is 34.7 Å². The van der Waals surface area contributed by atoms with Gasteiger partial charge >= 0.3 is 5.97 Å². The second-order valence-electron chi connectivity index (χ2n) is 8.12. The van der Waals surface area contributed by atoms with E-state index in [2.05, 4.69) is 27.0 Å². The van der Waals surface area contributed by atoms with Crippen LogP contribution in [0.25, 0.3) is 11.0 Å². The lowest BCUT2D eigenvalue weighted by molar-refractivity contribution is -0.142. The first-order valence-corrected chi connectivity index (χ1v) is 12.4. The number of halogens is 1. The van der Waals surface area contributed by atoms with Crippen molar-refractivity contribution in [2.24, 2.45) is 4.40 Å². The van der Waals surface area contributed by atoms with Gasteiger partial charge < -0.3 is 13.9 Å². The van der Waals surface area contributed by atoms with E-state index < -0.39 is 15.7 Å². The smallest absolute Gasteiger partial charge is 0.310 e. The first-order valence-electron chi connectivity index (χ1n) is 10.2. The Morgan fingerprint density at radius 3 is 2.69 bits per heavy atom. The van der Waals surface area contributed by atoms with Crippen molar-refractivity contribution in [3.05, 3.63) is 62.9 Å². The first-order chi connectivity index (χ1) is 15.2. The lowest BCUT2D eigenvalue weighted by Gasteiger charge is -2.12. The minimum Gasteiger partial charge on any atom is -0.489 e. The van der Waals surface area contributed by atoms with Crippen LogP contribution in [0, 0.1) is 3.57 Å². The van der Waals surface area contributed by atoms with Crippen LogP contribution in [-0.4, -0.2) is 27.7 Å². The number of esters is 1. The zero-order chi connectivity index (χ0) is 23.3. The molecule has 8 heteroatoms. The highest BCUT2D eigenvalue weighted by molar-refractivity contribution is 14.1. The third-order valence-electron chi connectivity index (χ3n) is 4.46. The number of nitrogens with zero attached hydrogens (tertiary/aromatic N) is 1. The highest BCUT2D eigenvalue weighted by Gasteiger charge is 2.18. The summed E-state index contributed by atoms with van der Waals surface area (Å²) in [7, 11) is -1.35. The van der Waals surface area contributed by atoms with Gasteiger partial charge in [-0.05, 0) is 80.1 Å². The first kappa shape index (κ1) is 24.4. The molecule has 0 amide bonds. The number of fused-ring (bicyclic) bond motifs is 1. The van der Waals surface area contributed by atoms with E-state index in [1.807, 2.05) is 63.2 Å². The summed E-state index contributed by atoms with van der Waals surface area (Å²) < 4.78 is 33.7. The highest BCUT2D eigenvalue weighted by Crippen LogP contribution is 2.27. The fourth-order valence-corrected chi connectivity index (χ4v) is 4.25. The fourth-order valence-electron chi connectivity index (χ4n) is 2.91. The van der Waals surface area contributed by atoms with E-state index in [-0.39, 0.29) is 12.4 Å². The van der Waals surface area contributed by atoms with Gasteiger partial charge in [-0.15, -0.1) is 0 Å². The van der Waals surface area contributed by atoms with Crippen molar-refractivity contribution in [1.82, 2.24) is 0 Å². The molecule has 1 heterocycles. The summed E-state index contributed by atoms with van der Waals surface area (Å²) >= 11 is 2.22. The van der Waals surface area contributed by atoms with Crippen molar-refractivity contribution in [2.75, 3.05) is 6.61 Å². The average Bonchev–Trinajstić information content (AvgIpc) is 3.14. The molecule has 170 valence electrons. The van der Waals surface area contributed by atoms with Crippen LogP contribution < -0.4 is 4.74 Å². The molecule has 0 aliphatic heterocycles. The number of hydrogen-bond donors (Lipinski definition) is 0. The predicted molar refractivity (Wildman–Crippen MR) is 136 cm³/mol. The number of carbonyl (C=O) groups is 1. The van der Waals surface area contributed by atoms with Gasteiger partial charge in [0, 0.05) is 10.9 Å². The molecule has 0 N–H and O–H groups in total. The molecule has 0 saturated heterocycles. The Morgan fingerprint density at radius 1 is 1.22 bits per heavy atom. The van der Waals surface area contributed by atoms with Crippen LogP contribution in [0.1, 0.15) is 44.6 Å². The highest BCUT2D eigenvalue weighted by atomic mass is 127. The molecule has 32 heavy (non-hydrogen) atoms. The van der Waals surface area contributed by atoms with E-state index in [1.165, 1.54) is 6.21 Å². The topological polar surface area (TPSA) is 78.1 Å². The molecule has 0 fully saturated rings. The molecule has 1 aromatic heterocycles. The summed E-state index contributed by atoms with van der Waals surface area (Å²) in [6.07, 6.45) is 1.68. The summed E-state index contributed by atoms with van der Waals surface area (Å²) in [6.45, 7) is 8.10. The minimum absolute atomic E-state index is 0.168. The molecule has 0 unspecified atom stereocenters. The normalized spacial score (nSPS) is 12.9. The van der Waals surface area contributed by atoms with E-state index >= 15 is 0 Å². The second kappa shape index (κ2) is 10.6. The number of ether oxygens (including phenoxy) is 2. The molecule has 0 aliphatic carbocycles. The van der Waals surface area contributed by atoms with Crippen LogP contribution in [0.4, 0.5) is 0 Å². The quantitative estimate of drug-likeness (QED) is 0.201. The number of furan rings is 1. The van der Waals surface area contributed by atoms with E-state index in [0.29, 0.717) is 24.7 Å². The summed E-state index contributed by atoms with van der Waals surface area (Å²) in [5, 5.41) is 0.915. The Kier molecular flexibility index (Phi) is 8.10. The number of rotatable bonds is 8. The largest absolute Gasteiger partial charge is 0.489 e. The predicted octanol–water partition coefficient (Wildman–Crippen LogP) is 5.60. The number of para-hydroxylation sites is 1. The number of benzene rings is 2. The zero-order valence-electron chi connectivity index (χ0n) is 18.5. The van der Waals surface area contributed by atoms with Gasteiger partial charge in [0.05, 0.1) is 27.6 Å². The third-order valence-corrected chi connectivity index (χ3v) is 6.60. The molecule has 0 spiro atoms. The zero-order valence-corrected chi connectivity index (χ0v) is 21.5. The Hall–Kier alpha value is -2.20. The summed E-state index contributed by atoms with van der Waals surface area (Å²) in [4.78, 5) is 11.9. The van der Waals surface area contributed by atoms with Gasteiger partial charge in [0.15, 0.2) is 0 Å². The van der Waals surface area contributed by atoms with E-state index in [4.69, 9.17) is 13.9 Å². The molecule has 0 bridgehead atoms. The standard InChI is InChI=1S/C24H26INO5S/c1-5-29-22(27)13-17-8-6-7-9-21(17)30-15-16-10-18-12-19(31-23(18)20(25)11-16)14-26-32(28)24(2,3)4/h6-12,14H,5,13,15H2,1-4H3/t32-/m1/s1. The van der Waals surface area contributed by atoms with Gasteiger partial charge in [-0.2, -0.15) is 4.40 Å². The molecule has 1 atom stereocenters. The molecule has 0 radical (unpaired) electrons. The second-order valence-corrected chi connectivity index (χ2v) is 11.2. The fraction of sp³-hybridized carbons (Fsp3) is 0.333. The maximum Gasteiger partial charge on any atom is 0.310 e. The van der Waals surface area contributed by atoms with Crippen LogP contribution in [0.2, 0.25) is 0 Å². The van der Waals surface area contributed by atoms with Crippen LogP contribution in [-0.2, 0) is 33.5 Å². The lowest BCUT2D eigenvalue weighted by Crippen LogP contribution is -2.19. The van der Waals surface area contributed by atoms with Gasteiger partial charge in [0.25, 0.3) is 0 Å². The monoisotopic (exact) mass is 567 g/mol. The number of carbonyl (C=O) groups excluding carboxylic acids is 1. The molecule has 6 nitrogen and oxygen atoms in total. The molecule has 0 saturated carbocycles. The molecule has 0 aliphatic rings. The van der Waals surface area contributed by atoms with Crippen LogP contribution in [0.15, 0.2) is 51.3 Å². The summed E-state index contributed by atoms with van der Waals surface area (Å²) in [5.41, 5.74) is 2.51. The summed E-state index contributed by atoms with van der Waals surface area (Å²) in [5.74, 6) is 0.924. The lowest BCUT2D eigenvalue weighted by atomic mass is 10.1. The van der Waals surface area contributed by atoms with Gasteiger partial charge in [-0.3, -0.25) is 4.79 Å². The van der Waals surface area contributed by atoms with Crippen LogP contribution in [0.3, 0.4) is 0 Å². The Balaban J connectivity index is 1.76. The van der Waals surface area contributed by atoms with Crippen molar-refractivity contribution in [2.45, 2.75) is 45.5 Å². The van der Waals surface area contributed by atoms with E-state index in [9.17, 15) is 9.00 Å². The van der Waals surface area contributed by atoms with E-state index in [1.54, 1.807) is 6.92 Å². The molecule has 3 aromatic rings. The number of hydrogen-bond acceptors (Lipinski definition) is 5. The maximum atomic E-state index is 12.1. The van der Waals surface area contributed by atoms with E-state index in [0.717, 1.165) is 25.7 Å². The Morgan fingerprint density at radius 2 is 1.97 bits per heavy atom. The van der Waals surface area contributed by atoms with Crippen LogP contribution >= 0.6 is 22.6 Å². The molecular weight excluding hydrogens is 541 g/mol. The third kappa shape index (κ3) is 6.41. The summed E-state index contributed by atoms with van der Waals surface area (Å²) in [6, 6.07) is 13.3. The van der Waals surface area contributed by atoms with Crippen LogP contribution in [0.5, 0.6) is 5.75 Å². The Bertz CT molecular complexity index is 1160. The van der Waals surface area contributed by atoms with Crippen molar-refractivity contribution in [3.8, 4) is 5.75 Å². The molecular formula is C24H26INO5S. The SMILES string of the molecule is CCOC(=O)Cc1ccccc1OCc1cc(I)c2oc(C=N[S@](=O)C(C)(C)C)cc2c1. The molecule has 3 rings (SSSR count). The van der Waals surface area contributed by atoms with Gasteiger partial charge in [-0.1, -0.05) is 18.2 Å². The van der Waals surface area contributed by atoms with Crippen molar-refractivity contribution >= 4 is 56.7 Å².